The summed E-state index contributed by atoms with van der Waals surface area (Å²) in [7, 11) is 0. The Morgan fingerprint density at radius 2 is 1.39 bits per heavy atom. The molecule has 0 heterocycles. The first kappa shape index (κ1) is 15.6. The lowest BCUT2D eigenvalue weighted by Gasteiger charge is -2.14. The zero-order valence-corrected chi connectivity index (χ0v) is 14.3. The van der Waals surface area contributed by atoms with E-state index in [9.17, 15) is 0 Å². The molecule has 0 spiro atoms. The third kappa shape index (κ3) is 3.37. The maximum Gasteiger partial charge on any atom is -0.0146 e. The van der Waals surface area contributed by atoms with Gasteiger partial charge in [-0.2, -0.15) is 0 Å². The highest BCUT2D eigenvalue weighted by Crippen LogP contribution is 2.32. The molecule has 0 aliphatic rings. The van der Waals surface area contributed by atoms with Crippen LogP contribution in [0.15, 0.2) is 66.7 Å². The lowest BCUT2D eigenvalue weighted by molar-refractivity contribution is 0.923. The van der Waals surface area contributed by atoms with E-state index < -0.39 is 0 Å². The monoisotopic (exact) mass is 300 g/mol. The molecule has 3 aromatic rings. The van der Waals surface area contributed by atoms with Crippen LogP contribution in [0.3, 0.4) is 0 Å². The zero-order chi connectivity index (χ0) is 16.2. The van der Waals surface area contributed by atoms with E-state index in [1.54, 1.807) is 0 Å². The van der Waals surface area contributed by atoms with Gasteiger partial charge in [0.2, 0.25) is 0 Å². The van der Waals surface area contributed by atoms with Crippen LogP contribution in [0.2, 0.25) is 0 Å². The van der Waals surface area contributed by atoms with Crippen molar-refractivity contribution in [2.24, 2.45) is 0 Å². The smallest absolute Gasteiger partial charge is 0.0146 e. The van der Waals surface area contributed by atoms with E-state index in [1.165, 1.54) is 45.4 Å². The maximum atomic E-state index is 2.34. The van der Waals surface area contributed by atoms with Crippen LogP contribution in [0, 0.1) is 13.8 Å². The van der Waals surface area contributed by atoms with Gasteiger partial charge in [0.15, 0.2) is 0 Å². The van der Waals surface area contributed by atoms with Crippen molar-refractivity contribution in [2.45, 2.75) is 33.6 Å². The van der Waals surface area contributed by atoms with Crippen LogP contribution in [0.25, 0.3) is 22.3 Å². The number of aryl methyl sites for hydroxylation is 3. The number of benzene rings is 3. The number of rotatable bonds is 4. The Bertz CT molecular complexity index is 795. The highest BCUT2D eigenvalue weighted by atomic mass is 14.1. The minimum atomic E-state index is 1.13. The molecule has 0 aromatic heterocycles. The fourth-order valence-electron chi connectivity index (χ4n) is 3.11. The topological polar surface area (TPSA) is 0 Å². The van der Waals surface area contributed by atoms with Gasteiger partial charge in [-0.1, -0.05) is 79.6 Å². The van der Waals surface area contributed by atoms with Gasteiger partial charge in [-0.3, -0.25) is 0 Å². The summed E-state index contributed by atoms with van der Waals surface area (Å²) in [6.45, 7) is 6.58. The van der Waals surface area contributed by atoms with Crippen LogP contribution in [0.1, 0.15) is 30.0 Å². The summed E-state index contributed by atoms with van der Waals surface area (Å²) in [5, 5.41) is 0. The van der Waals surface area contributed by atoms with Gasteiger partial charge in [0, 0.05) is 0 Å². The Balaban J connectivity index is 2.10. The van der Waals surface area contributed by atoms with Crippen molar-refractivity contribution in [3.63, 3.8) is 0 Å². The molecule has 0 heteroatoms. The molecular formula is C23H24. The molecule has 0 aliphatic carbocycles. The van der Waals surface area contributed by atoms with Gasteiger partial charge in [-0.25, -0.2) is 0 Å². The molecule has 0 atom stereocenters. The molecule has 0 saturated carbocycles. The molecule has 3 aromatic carbocycles. The van der Waals surface area contributed by atoms with E-state index in [-0.39, 0.29) is 0 Å². The Kier molecular flexibility index (Phi) is 4.62. The van der Waals surface area contributed by atoms with Crippen molar-refractivity contribution < 1.29 is 0 Å². The zero-order valence-electron chi connectivity index (χ0n) is 14.3. The van der Waals surface area contributed by atoms with Crippen molar-refractivity contribution in [1.29, 1.82) is 0 Å². The Labute approximate surface area is 139 Å². The molecule has 0 nitrogen and oxygen atoms in total. The highest BCUT2D eigenvalue weighted by molar-refractivity contribution is 5.77. The average Bonchev–Trinajstić information content (AvgIpc) is 2.57. The predicted octanol–water partition coefficient (Wildman–Crippen LogP) is 6.59. The fourth-order valence-corrected chi connectivity index (χ4v) is 3.11. The van der Waals surface area contributed by atoms with Gasteiger partial charge in [0.1, 0.15) is 0 Å². The summed E-state index contributed by atoms with van der Waals surface area (Å²) in [5.41, 5.74) is 9.38. The summed E-state index contributed by atoms with van der Waals surface area (Å²) in [6.07, 6.45) is 2.30. The van der Waals surface area contributed by atoms with Gasteiger partial charge >= 0.3 is 0 Å². The highest BCUT2D eigenvalue weighted by Gasteiger charge is 2.08. The molecule has 0 radical (unpaired) electrons. The first-order chi connectivity index (χ1) is 11.2. The summed E-state index contributed by atoms with van der Waals surface area (Å²) in [4.78, 5) is 0. The van der Waals surface area contributed by atoms with E-state index in [0.717, 1.165) is 6.42 Å². The molecule has 116 valence electrons. The Morgan fingerprint density at radius 1 is 0.696 bits per heavy atom. The molecule has 3 rings (SSSR count). The van der Waals surface area contributed by atoms with Crippen molar-refractivity contribution in [3.8, 4) is 22.3 Å². The van der Waals surface area contributed by atoms with Gasteiger partial charge < -0.3 is 0 Å². The third-order valence-electron chi connectivity index (χ3n) is 4.45. The molecule has 0 amide bonds. The maximum absolute atomic E-state index is 2.34. The third-order valence-corrected chi connectivity index (χ3v) is 4.45. The van der Waals surface area contributed by atoms with Gasteiger partial charge in [-0.15, -0.1) is 0 Å². The van der Waals surface area contributed by atoms with E-state index in [4.69, 9.17) is 0 Å². The second kappa shape index (κ2) is 6.83. The average molecular weight is 300 g/mol. The molecule has 0 aliphatic heterocycles. The van der Waals surface area contributed by atoms with Crippen molar-refractivity contribution in [1.82, 2.24) is 0 Å². The van der Waals surface area contributed by atoms with Crippen LogP contribution in [-0.2, 0) is 6.42 Å². The fraction of sp³-hybridized carbons (Fsp3) is 0.217. The van der Waals surface area contributed by atoms with Gasteiger partial charge in [-0.05, 0) is 59.7 Å². The van der Waals surface area contributed by atoms with Crippen LogP contribution < -0.4 is 0 Å². The van der Waals surface area contributed by atoms with E-state index in [1.807, 2.05) is 0 Å². The summed E-state index contributed by atoms with van der Waals surface area (Å²) in [5.74, 6) is 0. The van der Waals surface area contributed by atoms with Gasteiger partial charge in [0.05, 0.1) is 0 Å². The van der Waals surface area contributed by atoms with E-state index in [0.29, 0.717) is 0 Å². The van der Waals surface area contributed by atoms with E-state index in [2.05, 4.69) is 87.5 Å². The first-order valence-electron chi connectivity index (χ1n) is 8.45. The second-order valence-electron chi connectivity index (χ2n) is 6.30. The molecule has 0 unspecified atom stereocenters. The standard InChI is InChI=1S/C23H24/c1-4-7-20-8-5-6-9-22(20)23-16-21(15-12-18(23)3)19-13-10-17(2)11-14-19/h5-6,8-16H,4,7H2,1-3H3. The molecular weight excluding hydrogens is 276 g/mol. The van der Waals surface area contributed by atoms with E-state index >= 15 is 0 Å². The normalized spacial score (nSPS) is 10.7. The van der Waals surface area contributed by atoms with Crippen LogP contribution in [0.4, 0.5) is 0 Å². The first-order valence-corrected chi connectivity index (χ1v) is 8.45. The van der Waals surface area contributed by atoms with Crippen LogP contribution in [0.5, 0.6) is 0 Å². The lowest BCUT2D eigenvalue weighted by atomic mass is 9.91. The van der Waals surface area contributed by atoms with Crippen LogP contribution in [-0.4, -0.2) is 0 Å². The Morgan fingerprint density at radius 3 is 2.13 bits per heavy atom. The Hall–Kier alpha value is -2.34. The quantitative estimate of drug-likeness (QED) is 0.510. The second-order valence-corrected chi connectivity index (χ2v) is 6.30. The summed E-state index contributed by atoms with van der Waals surface area (Å²) in [6, 6.07) is 24.4. The largest absolute Gasteiger partial charge is 0.0651 e. The summed E-state index contributed by atoms with van der Waals surface area (Å²) < 4.78 is 0. The van der Waals surface area contributed by atoms with Crippen LogP contribution >= 0.6 is 0 Å². The number of hydrogen-bond donors (Lipinski definition) is 0. The van der Waals surface area contributed by atoms with Crippen molar-refractivity contribution in [3.05, 3.63) is 83.4 Å². The predicted molar refractivity (Wildman–Crippen MR) is 101 cm³/mol. The molecule has 0 N–H and O–H groups in total. The molecule has 0 fully saturated rings. The SMILES string of the molecule is CCCc1ccccc1-c1cc(-c2ccc(C)cc2)ccc1C. The lowest BCUT2D eigenvalue weighted by Crippen LogP contribution is -1.92. The van der Waals surface area contributed by atoms with Crippen molar-refractivity contribution in [2.75, 3.05) is 0 Å². The van der Waals surface area contributed by atoms with Gasteiger partial charge in [0.25, 0.3) is 0 Å². The summed E-state index contributed by atoms with van der Waals surface area (Å²) >= 11 is 0. The molecule has 23 heavy (non-hydrogen) atoms. The molecule has 0 bridgehead atoms. The minimum absolute atomic E-state index is 1.13. The van der Waals surface area contributed by atoms with Crippen molar-refractivity contribution >= 4 is 0 Å². The molecule has 0 saturated heterocycles. The number of hydrogen-bond acceptors (Lipinski definition) is 0. The minimum Gasteiger partial charge on any atom is -0.0651 e.